The monoisotopic (exact) mass is 352 g/mol. The minimum Gasteiger partial charge on any atom is -0.350 e. The average Bonchev–Trinajstić information content (AvgIpc) is 3.01. The topological polar surface area (TPSA) is 8.17 Å². The van der Waals surface area contributed by atoms with E-state index in [0.29, 0.717) is 0 Å². The maximum atomic E-state index is 13.9. The molecule has 2 aromatic carbocycles. The second-order valence-corrected chi connectivity index (χ2v) is 7.01. The Morgan fingerprint density at radius 2 is 1.77 bits per heavy atom. The zero-order valence-electron chi connectivity index (χ0n) is 14.8. The fraction of sp³-hybridized carbons (Fsp3) is 0.273. The molecule has 3 aromatic rings. The Morgan fingerprint density at radius 3 is 2.54 bits per heavy atom. The fourth-order valence-electron chi connectivity index (χ4n) is 3.80. The van der Waals surface area contributed by atoms with Crippen molar-refractivity contribution < 1.29 is 8.78 Å². The first-order valence-corrected chi connectivity index (χ1v) is 9.01. The van der Waals surface area contributed by atoms with E-state index in [4.69, 9.17) is 0 Å². The molecule has 2 heterocycles. The lowest BCUT2D eigenvalue weighted by molar-refractivity contribution is 0.220. The summed E-state index contributed by atoms with van der Waals surface area (Å²) in [5.41, 5.74) is 4.37. The fourth-order valence-corrected chi connectivity index (χ4v) is 3.80. The second-order valence-electron chi connectivity index (χ2n) is 7.01. The molecule has 0 N–H and O–H groups in total. The smallest absolute Gasteiger partial charge is 0.159 e. The molecule has 1 aliphatic rings. The van der Waals surface area contributed by atoms with E-state index in [1.54, 1.807) is 6.07 Å². The molecule has 0 fully saturated rings. The van der Waals surface area contributed by atoms with Crippen molar-refractivity contribution in [2.45, 2.75) is 32.5 Å². The largest absolute Gasteiger partial charge is 0.350 e. The quantitative estimate of drug-likeness (QED) is 0.639. The molecule has 0 saturated heterocycles. The van der Waals surface area contributed by atoms with Crippen LogP contribution in [0.3, 0.4) is 0 Å². The van der Waals surface area contributed by atoms with Crippen molar-refractivity contribution in [1.82, 2.24) is 9.47 Å². The summed E-state index contributed by atoms with van der Waals surface area (Å²) >= 11 is 0. The summed E-state index contributed by atoms with van der Waals surface area (Å²) in [5.74, 6) is -1.59. The van der Waals surface area contributed by atoms with E-state index in [9.17, 15) is 8.78 Å². The molecule has 134 valence electrons. The van der Waals surface area contributed by atoms with Gasteiger partial charge in [0.05, 0.1) is 6.04 Å². The first-order chi connectivity index (χ1) is 12.6. The molecule has 4 heteroatoms. The summed E-state index contributed by atoms with van der Waals surface area (Å²) in [5, 5.41) is 0. The van der Waals surface area contributed by atoms with Gasteiger partial charge in [-0.3, -0.25) is 4.90 Å². The lowest BCUT2D eigenvalue weighted by Gasteiger charge is -2.30. The highest BCUT2D eigenvalue weighted by Gasteiger charge is 2.28. The molecular weight excluding hydrogens is 330 g/mol. The summed E-state index contributed by atoms with van der Waals surface area (Å²) in [7, 11) is 0. The molecule has 4 rings (SSSR count). The average molecular weight is 352 g/mol. The van der Waals surface area contributed by atoms with E-state index < -0.39 is 11.6 Å². The predicted molar refractivity (Wildman–Crippen MR) is 98.8 cm³/mol. The van der Waals surface area contributed by atoms with E-state index in [0.717, 1.165) is 37.3 Å². The molecule has 0 bridgehead atoms. The summed E-state index contributed by atoms with van der Waals surface area (Å²) < 4.78 is 29.6. The van der Waals surface area contributed by atoms with Crippen LogP contribution in [0.1, 0.15) is 34.8 Å². The standard InChI is InChI=1S/C22H22F2N2/c1-16-5-7-17(8-6-16)15-26-13-3-12-25-11-2-4-21(25)22(26)18-9-10-19(23)20(24)14-18/h2,4-11,14,22H,3,12-13,15H2,1H3/t22-/m1/s1. The normalized spacial score (nSPS) is 17.7. The molecule has 0 spiro atoms. The van der Waals surface area contributed by atoms with Crippen LogP contribution in [0.5, 0.6) is 0 Å². The highest BCUT2D eigenvalue weighted by molar-refractivity contribution is 5.31. The van der Waals surface area contributed by atoms with E-state index in [1.807, 2.05) is 6.07 Å². The van der Waals surface area contributed by atoms with Crippen LogP contribution >= 0.6 is 0 Å². The minimum atomic E-state index is -0.803. The molecule has 0 radical (unpaired) electrons. The number of nitrogens with zero attached hydrogens (tertiary/aromatic N) is 2. The van der Waals surface area contributed by atoms with Crippen molar-refractivity contribution in [2.75, 3.05) is 6.54 Å². The summed E-state index contributed by atoms with van der Waals surface area (Å²) in [6.07, 6.45) is 3.09. The van der Waals surface area contributed by atoms with Gasteiger partial charge in [0.2, 0.25) is 0 Å². The Kier molecular flexibility index (Phi) is 4.60. The molecule has 26 heavy (non-hydrogen) atoms. The Bertz CT molecular complexity index is 899. The van der Waals surface area contributed by atoms with Gasteiger partial charge in [-0.2, -0.15) is 0 Å². The first-order valence-electron chi connectivity index (χ1n) is 9.01. The third kappa shape index (κ3) is 3.29. The van der Waals surface area contributed by atoms with Crippen LogP contribution in [0.15, 0.2) is 60.8 Å². The number of rotatable bonds is 3. The van der Waals surface area contributed by atoms with Gasteiger partial charge in [-0.05, 0) is 48.7 Å². The van der Waals surface area contributed by atoms with Gasteiger partial charge in [-0.25, -0.2) is 8.78 Å². The Balaban J connectivity index is 1.75. The molecule has 0 unspecified atom stereocenters. The van der Waals surface area contributed by atoms with Gasteiger partial charge in [0.25, 0.3) is 0 Å². The van der Waals surface area contributed by atoms with Crippen LogP contribution in [-0.4, -0.2) is 16.0 Å². The Morgan fingerprint density at radius 1 is 0.962 bits per heavy atom. The zero-order valence-corrected chi connectivity index (χ0v) is 14.8. The van der Waals surface area contributed by atoms with Gasteiger partial charge in [0.1, 0.15) is 0 Å². The zero-order chi connectivity index (χ0) is 18.1. The molecule has 1 aromatic heterocycles. The summed E-state index contributed by atoms with van der Waals surface area (Å²) in [6.45, 7) is 4.69. The van der Waals surface area contributed by atoms with E-state index >= 15 is 0 Å². The Hall–Kier alpha value is -2.46. The van der Waals surface area contributed by atoms with E-state index in [2.05, 4.69) is 52.9 Å². The lowest BCUT2D eigenvalue weighted by atomic mass is 10.0. The number of fused-ring (bicyclic) bond motifs is 1. The van der Waals surface area contributed by atoms with Gasteiger partial charge >= 0.3 is 0 Å². The molecule has 0 saturated carbocycles. The number of hydrogen-bond acceptors (Lipinski definition) is 1. The number of aryl methyl sites for hydroxylation is 2. The minimum absolute atomic E-state index is 0.0936. The van der Waals surface area contributed by atoms with Crippen molar-refractivity contribution in [1.29, 1.82) is 0 Å². The number of hydrogen-bond donors (Lipinski definition) is 0. The SMILES string of the molecule is Cc1ccc(CN2CCCn3cccc3[C@H]2c2ccc(F)c(F)c2)cc1. The van der Waals surface area contributed by atoms with Crippen LogP contribution in [0.25, 0.3) is 0 Å². The van der Waals surface area contributed by atoms with Gasteiger partial charge in [0, 0.05) is 31.5 Å². The van der Waals surface area contributed by atoms with Crippen molar-refractivity contribution in [3.8, 4) is 0 Å². The predicted octanol–water partition coefficient (Wildman–Crippen LogP) is 5.07. The number of aromatic nitrogens is 1. The molecular formula is C22H22F2N2. The first kappa shape index (κ1) is 17.0. The molecule has 0 aliphatic carbocycles. The van der Waals surface area contributed by atoms with Crippen LogP contribution in [0.2, 0.25) is 0 Å². The number of benzene rings is 2. The highest BCUT2D eigenvalue weighted by atomic mass is 19.2. The second kappa shape index (κ2) is 7.04. The molecule has 0 amide bonds. The van der Waals surface area contributed by atoms with Gasteiger partial charge < -0.3 is 4.57 Å². The molecule has 1 atom stereocenters. The summed E-state index contributed by atoms with van der Waals surface area (Å²) in [6, 6.07) is 16.8. The number of halogens is 2. The van der Waals surface area contributed by atoms with Gasteiger partial charge in [-0.15, -0.1) is 0 Å². The van der Waals surface area contributed by atoms with Crippen molar-refractivity contribution >= 4 is 0 Å². The van der Waals surface area contributed by atoms with Gasteiger partial charge in [-0.1, -0.05) is 35.9 Å². The van der Waals surface area contributed by atoms with Gasteiger partial charge in [0.15, 0.2) is 11.6 Å². The van der Waals surface area contributed by atoms with Crippen molar-refractivity contribution in [3.63, 3.8) is 0 Å². The van der Waals surface area contributed by atoms with E-state index in [1.165, 1.54) is 23.3 Å². The van der Waals surface area contributed by atoms with E-state index in [-0.39, 0.29) is 6.04 Å². The molecule has 1 aliphatic heterocycles. The third-order valence-electron chi connectivity index (χ3n) is 5.12. The van der Waals surface area contributed by atoms with Crippen LogP contribution in [0.4, 0.5) is 8.78 Å². The maximum absolute atomic E-state index is 13.9. The van der Waals surface area contributed by atoms with Crippen molar-refractivity contribution in [3.05, 3.63) is 94.8 Å². The molecule has 2 nitrogen and oxygen atoms in total. The van der Waals surface area contributed by atoms with Crippen molar-refractivity contribution in [2.24, 2.45) is 0 Å². The highest BCUT2D eigenvalue weighted by Crippen LogP contribution is 2.33. The maximum Gasteiger partial charge on any atom is 0.159 e. The van der Waals surface area contributed by atoms with Crippen LogP contribution in [-0.2, 0) is 13.1 Å². The third-order valence-corrected chi connectivity index (χ3v) is 5.12. The van der Waals surface area contributed by atoms with Crippen LogP contribution in [0, 0.1) is 18.6 Å². The van der Waals surface area contributed by atoms with Crippen LogP contribution < -0.4 is 0 Å². The lowest BCUT2D eigenvalue weighted by Crippen LogP contribution is -2.29. The Labute approximate surface area is 152 Å². The summed E-state index contributed by atoms with van der Waals surface area (Å²) in [4.78, 5) is 2.36.